The van der Waals surface area contributed by atoms with Gasteiger partial charge in [0.1, 0.15) is 13.2 Å². The summed E-state index contributed by atoms with van der Waals surface area (Å²) in [6, 6.07) is 4.65. The average molecular weight is 326 g/mol. The summed E-state index contributed by atoms with van der Waals surface area (Å²) >= 11 is 0. The summed E-state index contributed by atoms with van der Waals surface area (Å²) < 4.78 is 39.0. The van der Waals surface area contributed by atoms with E-state index in [2.05, 4.69) is 23.9 Å². The fourth-order valence-electron chi connectivity index (χ4n) is 2.84. The van der Waals surface area contributed by atoms with Crippen LogP contribution in [0.4, 0.5) is 0 Å². The van der Waals surface area contributed by atoms with Crippen molar-refractivity contribution in [1.29, 1.82) is 0 Å². The van der Waals surface area contributed by atoms with E-state index in [0.29, 0.717) is 24.7 Å². The second-order valence-corrected chi connectivity index (χ2v) is 8.15. The van der Waals surface area contributed by atoms with Crippen LogP contribution in [0, 0.1) is 5.41 Å². The molecule has 122 valence electrons. The normalized spacial score (nSPS) is 24.0. The van der Waals surface area contributed by atoms with Gasteiger partial charge in [0, 0.05) is 18.7 Å². The monoisotopic (exact) mass is 326 g/mol. The topological polar surface area (TPSA) is 76.7 Å². The second-order valence-electron chi connectivity index (χ2n) is 6.43. The van der Waals surface area contributed by atoms with Gasteiger partial charge in [-0.15, -0.1) is 0 Å². The number of fused-ring (bicyclic) bond motifs is 1. The molecule has 2 N–H and O–H groups in total. The number of benzene rings is 1. The molecule has 0 radical (unpaired) electrons. The molecule has 0 aliphatic carbocycles. The lowest BCUT2D eigenvalue weighted by molar-refractivity contribution is 0.171. The van der Waals surface area contributed by atoms with Crippen molar-refractivity contribution in [2.45, 2.75) is 31.2 Å². The van der Waals surface area contributed by atoms with Crippen LogP contribution in [0.15, 0.2) is 23.1 Å². The summed E-state index contributed by atoms with van der Waals surface area (Å²) in [5, 5.41) is 3.30. The SMILES string of the molecule is CC1(C)CNCCC1NS(=O)(=O)c1ccc2c(c1)OCCO2. The number of rotatable bonds is 3. The van der Waals surface area contributed by atoms with Crippen LogP contribution >= 0.6 is 0 Å². The predicted octanol–water partition coefficient (Wildman–Crippen LogP) is 1.12. The Morgan fingerprint density at radius 2 is 1.95 bits per heavy atom. The molecule has 3 rings (SSSR count). The van der Waals surface area contributed by atoms with Gasteiger partial charge in [0.15, 0.2) is 11.5 Å². The van der Waals surface area contributed by atoms with Gasteiger partial charge in [0.2, 0.25) is 10.0 Å². The summed E-state index contributed by atoms with van der Waals surface area (Å²) in [7, 11) is -3.58. The Balaban J connectivity index is 1.83. The first-order chi connectivity index (χ1) is 10.4. The van der Waals surface area contributed by atoms with Crippen LogP contribution in [0.1, 0.15) is 20.3 Å². The molecule has 2 aliphatic heterocycles. The summed E-state index contributed by atoms with van der Waals surface area (Å²) in [6.07, 6.45) is 0.775. The summed E-state index contributed by atoms with van der Waals surface area (Å²) in [5.41, 5.74) is -0.126. The Hall–Kier alpha value is -1.31. The molecule has 0 spiro atoms. The van der Waals surface area contributed by atoms with E-state index in [1.54, 1.807) is 12.1 Å². The summed E-state index contributed by atoms with van der Waals surface area (Å²) in [4.78, 5) is 0.214. The van der Waals surface area contributed by atoms with Gasteiger partial charge < -0.3 is 14.8 Å². The molecule has 0 amide bonds. The fourth-order valence-corrected chi connectivity index (χ4v) is 4.29. The van der Waals surface area contributed by atoms with Crippen LogP contribution in [0.3, 0.4) is 0 Å². The van der Waals surface area contributed by atoms with Crippen molar-refractivity contribution in [1.82, 2.24) is 10.0 Å². The van der Waals surface area contributed by atoms with Gasteiger partial charge in [-0.05, 0) is 30.5 Å². The predicted molar refractivity (Wildman–Crippen MR) is 82.8 cm³/mol. The second kappa shape index (κ2) is 5.72. The first kappa shape index (κ1) is 15.6. The molecule has 1 aromatic carbocycles. The molecule has 22 heavy (non-hydrogen) atoms. The van der Waals surface area contributed by atoms with E-state index in [1.807, 2.05) is 0 Å². The molecule has 7 heteroatoms. The number of ether oxygens (including phenoxy) is 2. The van der Waals surface area contributed by atoms with Crippen LogP contribution in [-0.4, -0.2) is 40.8 Å². The zero-order chi connectivity index (χ0) is 15.8. The average Bonchev–Trinajstić information content (AvgIpc) is 2.49. The van der Waals surface area contributed by atoms with Crippen LogP contribution < -0.4 is 19.5 Å². The Kier molecular flexibility index (Phi) is 4.05. The van der Waals surface area contributed by atoms with Crippen molar-refractivity contribution in [3.63, 3.8) is 0 Å². The standard InChI is InChI=1S/C15H22N2O4S/c1-15(2)10-16-6-5-14(15)17-22(18,19)11-3-4-12-13(9-11)21-8-7-20-12/h3-4,9,14,16-17H,5-8,10H2,1-2H3. The van der Waals surface area contributed by atoms with Crippen molar-refractivity contribution >= 4 is 10.0 Å². The van der Waals surface area contributed by atoms with Crippen LogP contribution in [-0.2, 0) is 10.0 Å². The van der Waals surface area contributed by atoms with Gasteiger partial charge in [0.25, 0.3) is 0 Å². The zero-order valence-corrected chi connectivity index (χ0v) is 13.7. The van der Waals surface area contributed by atoms with Crippen molar-refractivity contribution in [3.8, 4) is 11.5 Å². The smallest absolute Gasteiger partial charge is 0.240 e. The fraction of sp³-hybridized carbons (Fsp3) is 0.600. The minimum Gasteiger partial charge on any atom is -0.486 e. The Labute approximate surface area is 131 Å². The minimum atomic E-state index is -3.58. The van der Waals surface area contributed by atoms with Gasteiger partial charge in [-0.2, -0.15) is 0 Å². The number of piperidine rings is 1. The number of sulfonamides is 1. The van der Waals surface area contributed by atoms with Crippen molar-refractivity contribution in [2.75, 3.05) is 26.3 Å². The highest BCUT2D eigenvalue weighted by Crippen LogP contribution is 2.33. The van der Waals surface area contributed by atoms with E-state index in [0.717, 1.165) is 19.5 Å². The Morgan fingerprint density at radius 1 is 1.23 bits per heavy atom. The Bertz CT molecular complexity index is 658. The van der Waals surface area contributed by atoms with E-state index in [9.17, 15) is 8.42 Å². The zero-order valence-electron chi connectivity index (χ0n) is 12.9. The molecule has 1 aromatic rings. The molecule has 1 unspecified atom stereocenters. The third-order valence-corrected chi connectivity index (χ3v) is 5.72. The van der Waals surface area contributed by atoms with Crippen molar-refractivity contribution in [3.05, 3.63) is 18.2 Å². The molecule has 2 aliphatic rings. The molecule has 0 saturated carbocycles. The maximum absolute atomic E-state index is 12.6. The maximum atomic E-state index is 12.6. The summed E-state index contributed by atoms with van der Waals surface area (Å²) in [5.74, 6) is 1.08. The number of hydrogen-bond acceptors (Lipinski definition) is 5. The highest BCUT2D eigenvalue weighted by molar-refractivity contribution is 7.89. The Morgan fingerprint density at radius 3 is 2.68 bits per heavy atom. The lowest BCUT2D eigenvalue weighted by Crippen LogP contribution is -2.54. The minimum absolute atomic E-state index is 0.0908. The molecule has 6 nitrogen and oxygen atoms in total. The third-order valence-electron chi connectivity index (χ3n) is 4.26. The van der Waals surface area contributed by atoms with E-state index in [1.165, 1.54) is 6.07 Å². The lowest BCUT2D eigenvalue weighted by atomic mass is 9.81. The van der Waals surface area contributed by atoms with E-state index in [-0.39, 0.29) is 16.4 Å². The van der Waals surface area contributed by atoms with E-state index >= 15 is 0 Å². The van der Waals surface area contributed by atoms with Gasteiger partial charge >= 0.3 is 0 Å². The molecule has 0 aromatic heterocycles. The van der Waals surface area contributed by atoms with Gasteiger partial charge in [-0.3, -0.25) is 0 Å². The highest BCUT2D eigenvalue weighted by Gasteiger charge is 2.35. The largest absolute Gasteiger partial charge is 0.486 e. The van der Waals surface area contributed by atoms with Crippen LogP contribution in [0.25, 0.3) is 0 Å². The highest BCUT2D eigenvalue weighted by atomic mass is 32.2. The van der Waals surface area contributed by atoms with Crippen LogP contribution in [0.5, 0.6) is 11.5 Å². The molecular weight excluding hydrogens is 304 g/mol. The van der Waals surface area contributed by atoms with Gasteiger partial charge in [-0.1, -0.05) is 13.8 Å². The van der Waals surface area contributed by atoms with Crippen molar-refractivity contribution in [2.24, 2.45) is 5.41 Å². The molecule has 0 bridgehead atoms. The van der Waals surface area contributed by atoms with E-state index < -0.39 is 10.0 Å². The third kappa shape index (κ3) is 3.06. The molecule has 1 fully saturated rings. The summed E-state index contributed by atoms with van der Waals surface area (Å²) in [6.45, 7) is 6.66. The number of nitrogens with one attached hydrogen (secondary N) is 2. The first-order valence-corrected chi connectivity index (χ1v) is 8.99. The molecule has 1 atom stereocenters. The number of hydrogen-bond donors (Lipinski definition) is 2. The van der Waals surface area contributed by atoms with Crippen LogP contribution in [0.2, 0.25) is 0 Å². The van der Waals surface area contributed by atoms with E-state index in [4.69, 9.17) is 9.47 Å². The lowest BCUT2D eigenvalue weighted by Gasteiger charge is -2.39. The maximum Gasteiger partial charge on any atom is 0.240 e. The molecule has 2 heterocycles. The van der Waals surface area contributed by atoms with Gasteiger partial charge in [0.05, 0.1) is 4.90 Å². The van der Waals surface area contributed by atoms with Gasteiger partial charge in [-0.25, -0.2) is 13.1 Å². The molecule has 1 saturated heterocycles. The quantitative estimate of drug-likeness (QED) is 0.871. The van der Waals surface area contributed by atoms with Crippen molar-refractivity contribution < 1.29 is 17.9 Å². The first-order valence-electron chi connectivity index (χ1n) is 7.51. The molecular formula is C15H22N2O4S.